The van der Waals surface area contributed by atoms with Crippen LogP contribution in [0.1, 0.15) is 0 Å². The molecule has 3 heterocycles. The lowest BCUT2D eigenvalue weighted by Crippen LogP contribution is -2.26. The van der Waals surface area contributed by atoms with Gasteiger partial charge in [0.1, 0.15) is 0 Å². The van der Waals surface area contributed by atoms with Gasteiger partial charge >= 0.3 is 0 Å². The minimum absolute atomic E-state index is 0.629. The molecule has 0 N–H and O–H groups in total. The predicted octanol–water partition coefficient (Wildman–Crippen LogP) is 13.5. The molecule has 2 aliphatic heterocycles. The highest BCUT2D eigenvalue weighted by atomic mass is 15.3. The zero-order valence-corrected chi connectivity index (χ0v) is 29.3. The van der Waals surface area contributed by atoms with E-state index in [1.165, 1.54) is 27.8 Å². The molecule has 0 amide bonds. The zero-order chi connectivity index (χ0) is 35.6. The molecule has 252 valence electrons. The Morgan fingerprint density at radius 3 is 1.59 bits per heavy atom. The monoisotopic (exact) mass is 688 g/mol. The molecule has 0 saturated heterocycles. The molecule has 54 heavy (non-hydrogen) atoms. The molecule has 0 bridgehead atoms. The Bertz CT molecular complexity index is 2890. The average molecular weight is 689 g/mol. The highest BCUT2D eigenvalue weighted by molar-refractivity contribution is 6.13. The van der Waals surface area contributed by atoms with Crippen LogP contribution in [0.25, 0.3) is 66.7 Å². The summed E-state index contributed by atoms with van der Waals surface area (Å²) in [6.07, 6.45) is 0. The van der Waals surface area contributed by atoms with E-state index in [1.807, 2.05) is 6.07 Å². The van der Waals surface area contributed by atoms with Crippen molar-refractivity contribution in [3.05, 3.63) is 194 Å². The molecule has 8 aromatic carbocycles. The molecule has 0 radical (unpaired) electrons. The number of anilines is 6. The summed E-state index contributed by atoms with van der Waals surface area (Å²) in [5.74, 6) is 0.629. The summed E-state index contributed by atoms with van der Waals surface area (Å²) in [6, 6.07) is 69.2. The Morgan fingerprint density at radius 1 is 0.315 bits per heavy atom. The van der Waals surface area contributed by atoms with Gasteiger partial charge in [0, 0.05) is 22.1 Å². The Hall–Kier alpha value is -7.30. The molecule has 0 fully saturated rings. The van der Waals surface area contributed by atoms with E-state index >= 15 is 0 Å². The fourth-order valence-electron chi connectivity index (χ4n) is 8.28. The summed E-state index contributed by atoms with van der Waals surface area (Å²) in [7, 11) is 0. The van der Waals surface area contributed by atoms with E-state index in [0.29, 0.717) is 5.95 Å². The maximum atomic E-state index is 5.45. The van der Waals surface area contributed by atoms with E-state index < -0.39 is 0 Å². The standard InChI is InChI=1S/C50H32N4/c1-4-16-33(17-5-1)36-28-29-44-41(30-36)38-22-10-11-23-39(38)42-31-37(34-18-6-2-7-19-34)32-47-49(42)53(44)45-26-14-15-27-46(45)54(47)50-51-43-25-13-12-24-40(43)48(52-50)35-20-8-3-9-21-35/h1-32H. The normalized spacial score (nSPS) is 12.4. The van der Waals surface area contributed by atoms with Gasteiger partial charge in [0.05, 0.1) is 39.6 Å². The van der Waals surface area contributed by atoms with Crippen molar-refractivity contribution in [1.29, 1.82) is 0 Å². The number of hydrogen-bond donors (Lipinski definition) is 0. The van der Waals surface area contributed by atoms with Crippen molar-refractivity contribution < 1.29 is 0 Å². The van der Waals surface area contributed by atoms with Crippen molar-refractivity contribution >= 4 is 45.3 Å². The van der Waals surface area contributed by atoms with Crippen LogP contribution in [0.3, 0.4) is 0 Å². The van der Waals surface area contributed by atoms with Crippen LogP contribution in [0.4, 0.5) is 34.4 Å². The minimum Gasteiger partial charge on any atom is -0.305 e. The maximum absolute atomic E-state index is 5.45. The summed E-state index contributed by atoms with van der Waals surface area (Å²) in [6.45, 7) is 0. The second-order valence-corrected chi connectivity index (χ2v) is 13.8. The fourth-order valence-corrected chi connectivity index (χ4v) is 8.28. The van der Waals surface area contributed by atoms with Gasteiger partial charge in [0.15, 0.2) is 0 Å². The first-order valence-electron chi connectivity index (χ1n) is 18.3. The van der Waals surface area contributed by atoms with Gasteiger partial charge in [-0.1, -0.05) is 152 Å². The lowest BCUT2D eigenvalue weighted by molar-refractivity contribution is 1.08. The summed E-state index contributed by atoms with van der Waals surface area (Å²) in [5, 5.41) is 1.02. The van der Waals surface area contributed by atoms with Gasteiger partial charge in [0.2, 0.25) is 5.95 Å². The molecule has 4 nitrogen and oxygen atoms in total. The van der Waals surface area contributed by atoms with E-state index in [9.17, 15) is 0 Å². The summed E-state index contributed by atoms with van der Waals surface area (Å²) in [5.41, 5.74) is 17.6. The van der Waals surface area contributed by atoms with Gasteiger partial charge in [-0.15, -0.1) is 0 Å². The number of nitrogens with zero attached hydrogens (tertiary/aromatic N) is 4. The van der Waals surface area contributed by atoms with E-state index in [0.717, 1.165) is 67.3 Å². The molecule has 0 aliphatic carbocycles. The summed E-state index contributed by atoms with van der Waals surface area (Å²) in [4.78, 5) is 15.5. The number of benzene rings is 8. The van der Waals surface area contributed by atoms with Crippen LogP contribution in [0.2, 0.25) is 0 Å². The topological polar surface area (TPSA) is 32.3 Å². The second-order valence-electron chi connectivity index (χ2n) is 13.8. The molecule has 2 aliphatic rings. The Balaban J connectivity index is 1.25. The SMILES string of the molecule is c1ccc(-c2ccc3c(c2)-c2ccccc2-c2cc(-c4ccccc4)cc4c2N3c2ccccc2N4c2nc(-c3ccccc3)c3ccccc3n2)cc1. The van der Waals surface area contributed by atoms with E-state index in [1.54, 1.807) is 0 Å². The van der Waals surface area contributed by atoms with Crippen LogP contribution in [-0.2, 0) is 0 Å². The second kappa shape index (κ2) is 12.1. The number of hydrogen-bond acceptors (Lipinski definition) is 4. The molecule has 11 rings (SSSR count). The van der Waals surface area contributed by atoms with Crippen LogP contribution in [0.15, 0.2) is 194 Å². The van der Waals surface area contributed by atoms with Gasteiger partial charge in [-0.2, -0.15) is 0 Å². The lowest BCUT2D eigenvalue weighted by atomic mass is 9.90. The third-order valence-electron chi connectivity index (χ3n) is 10.7. The Morgan fingerprint density at radius 2 is 0.870 bits per heavy atom. The minimum atomic E-state index is 0.629. The molecule has 1 aromatic heterocycles. The number of rotatable bonds is 4. The third kappa shape index (κ3) is 4.70. The first-order chi connectivity index (χ1) is 26.8. The Kier molecular flexibility index (Phi) is 6.82. The summed E-state index contributed by atoms with van der Waals surface area (Å²) >= 11 is 0. The van der Waals surface area contributed by atoms with Crippen LogP contribution in [-0.4, -0.2) is 9.97 Å². The van der Waals surface area contributed by atoms with Crippen molar-refractivity contribution in [2.24, 2.45) is 0 Å². The van der Waals surface area contributed by atoms with Crippen LogP contribution < -0.4 is 9.80 Å². The van der Waals surface area contributed by atoms with Gasteiger partial charge in [-0.05, 0) is 75.8 Å². The lowest BCUT2D eigenvalue weighted by Gasteiger charge is -2.40. The van der Waals surface area contributed by atoms with Crippen molar-refractivity contribution in [2.45, 2.75) is 0 Å². The number of fused-ring (bicyclic) bond motifs is 8. The molecule has 4 heteroatoms. The van der Waals surface area contributed by atoms with Crippen molar-refractivity contribution in [2.75, 3.05) is 9.80 Å². The van der Waals surface area contributed by atoms with Crippen molar-refractivity contribution in [3.63, 3.8) is 0 Å². The van der Waals surface area contributed by atoms with Gasteiger partial charge in [-0.25, -0.2) is 9.97 Å². The first-order valence-corrected chi connectivity index (χ1v) is 18.3. The van der Waals surface area contributed by atoms with E-state index in [2.05, 4.69) is 198 Å². The molecule has 9 aromatic rings. The third-order valence-corrected chi connectivity index (χ3v) is 10.7. The smallest absolute Gasteiger partial charge is 0.235 e. The van der Waals surface area contributed by atoms with E-state index in [4.69, 9.17) is 9.97 Å². The number of para-hydroxylation sites is 3. The molecule has 0 spiro atoms. The Labute approximate surface area is 313 Å². The fraction of sp³-hybridized carbons (Fsp3) is 0. The van der Waals surface area contributed by atoms with Gasteiger partial charge < -0.3 is 4.90 Å². The maximum Gasteiger partial charge on any atom is 0.235 e. The first kappa shape index (κ1) is 30.3. The average Bonchev–Trinajstić information content (AvgIpc) is 3.37. The molecular weight excluding hydrogens is 657 g/mol. The summed E-state index contributed by atoms with van der Waals surface area (Å²) < 4.78 is 0. The van der Waals surface area contributed by atoms with Crippen LogP contribution >= 0.6 is 0 Å². The van der Waals surface area contributed by atoms with Gasteiger partial charge in [-0.3, -0.25) is 4.90 Å². The van der Waals surface area contributed by atoms with Crippen LogP contribution in [0, 0.1) is 0 Å². The predicted molar refractivity (Wildman–Crippen MR) is 223 cm³/mol. The van der Waals surface area contributed by atoms with Crippen molar-refractivity contribution in [3.8, 4) is 55.8 Å². The molecular formula is C50H32N4. The molecule has 0 unspecified atom stereocenters. The van der Waals surface area contributed by atoms with Crippen LogP contribution in [0.5, 0.6) is 0 Å². The van der Waals surface area contributed by atoms with Gasteiger partial charge in [0.25, 0.3) is 0 Å². The molecule has 0 saturated carbocycles. The zero-order valence-electron chi connectivity index (χ0n) is 29.3. The van der Waals surface area contributed by atoms with Crippen molar-refractivity contribution in [1.82, 2.24) is 9.97 Å². The quantitative estimate of drug-likeness (QED) is 0.184. The van der Waals surface area contributed by atoms with E-state index in [-0.39, 0.29) is 0 Å². The highest BCUT2D eigenvalue weighted by Gasteiger charge is 2.38. The molecule has 0 atom stereocenters. The largest absolute Gasteiger partial charge is 0.305 e. The highest BCUT2D eigenvalue weighted by Crippen LogP contribution is 2.61. The number of aromatic nitrogens is 2.